The zero-order valence-corrected chi connectivity index (χ0v) is 9.94. The molecule has 0 aliphatic rings. The molecular formula is C12H13NO4. The molecule has 0 saturated carbocycles. The van der Waals surface area contributed by atoms with Crippen LogP contribution in [0, 0.1) is 6.92 Å². The van der Waals surface area contributed by atoms with E-state index in [1.54, 1.807) is 16.7 Å². The van der Waals surface area contributed by atoms with Crippen LogP contribution >= 0.6 is 0 Å². The number of esters is 1. The predicted molar refractivity (Wildman–Crippen MR) is 61.0 cm³/mol. The number of fused-ring (bicyclic) bond motifs is 1. The molecule has 5 heteroatoms. The van der Waals surface area contributed by atoms with E-state index in [1.165, 1.54) is 14.0 Å². The van der Waals surface area contributed by atoms with Gasteiger partial charge in [-0.3, -0.25) is 4.79 Å². The van der Waals surface area contributed by atoms with Crippen molar-refractivity contribution >= 4 is 22.9 Å². The molecule has 0 atom stereocenters. The van der Waals surface area contributed by atoms with Gasteiger partial charge in [0.25, 0.3) is 0 Å². The summed E-state index contributed by atoms with van der Waals surface area (Å²) in [5, 5.41) is 0. The molecule has 0 saturated heterocycles. The molecule has 0 aliphatic heterocycles. The molecule has 0 aromatic carbocycles. The van der Waals surface area contributed by atoms with Crippen molar-refractivity contribution in [3.05, 3.63) is 23.6 Å². The number of ether oxygens (including phenoxy) is 1. The first-order valence-electron chi connectivity index (χ1n) is 5.20. The van der Waals surface area contributed by atoms with Crippen LogP contribution in [0.1, 0.15) is 23.2 Å². The lowest BCUT2D eigenvalue weighted by molar-refractivity contribution is -0.117. The van der Waals surface area contributed by atoms with Gasteiger partial charge < -0.3 is 13.7 Å². The molecule has 2 rings (SSSR count). The lowest BCUT2D eigenvalue weighted by atomic mass is 10.4. The number of ketones is 1. The van der Waals surface area contributed by atoms with Crippen LogP contribution in [-0.2, 0) is 16.1 Å². The number of aromatic nitrogens is 1. The third-order valence-electron chi connectivity index (χ3n) is 2.49. The zero-order valence-electron chi connectivity index (χ0n) is 9.94. The highest BCUT2D eigenvalue weighted by Gasteiger charge is 2.19. The van der Waals surface area contributed by atoms with Gasteiger partial charge in [-0.05, 0) is 13.8 Å². The fourth-order valence-electron chi connectivity index (χ4n) is 1.83. The molecule has 0 spiro atoms. The molecule has 0 fully saturated rings. The van der Waals surface area contributed by atoms with Gasteiger partial charge in [-0.25, -0.2) is 4.79 Å². The van der Waals surface area contributed by atoms with Gasteiger partial charge in [0, 0.05) is 12.1 Å². The van der Waals surface area contributed by atoms with Crippen molar-refractivity contribution in [3.8, 4) is 0 Å². The molecule has 5 nitrogen and oxygen atoms in total. The number of carbonyl (C=O) groups excluding carboxylic acids is 2. The Morgan fingerprint density at radius 1 is 1.41 bits per heavy atom. The van der Waals surface area contributed by atoms with Crippen molar-refractivity contribution in [3.63, 3.8) is 0 Å². The van der Waals surface area contributed by atoms with Gasteiger partial charge in [0.2, 0.25) is 0 Å². The highest BCUT2D eigenvalue weighted by molar-refractivity contribution is 5.95. The Morgan fingerprint density at radius 3 is 2.71 bits per heavy atom. The second-order valence-electron chi connectivity index (χ2n) is 3.92. The molecular weight excluding hydrogens is 222 g/mol. The van der Waals surface area contributed by atoms with Crippen LogP contribution < -0.4 is 0 Å². The molecule has 17 heavy (non-hydrogen) atoms. The van der Waals surface area contributed by atoms with Crippen molar-refractivity contribution in [2.24, 2.45) is 0 Å². The van der Waals surface area contributed by atoms with E-state index in [0.29, 0.717) is 11.3 Å². The van der Waals surface area contributed by atoms with Crippen LogP contribution in [0.5, 0.6) is 0 Å². The molecule has 0 N–H and O–H groups in total. The number of furan rings is 1. The van der Waals surface area contributed by atoms with Gasteiger partial charge in [-0.1, -0.05) is 0 Å². The number of carbonyl (C=O) groups is 2. The smallest absolute Gasteiger partial charge is 0.354 e. The predicted octanol–water partition coefficient (Wildman–Crippen LogP) is 1.92. The van der Waals surface area contributed by atoms with Crippen LogP contribution in [0.15, 0.2) is 16.5 Å². The average molecular weight is 235 g/mol. The summed E-state index contributed by atoms with van der Waals surface area (Å²) < 4.78 is 11.7. The SMILES string of the molecule is COC(=O)c1cc2oc(C)cc2n1CC(C)=O. The third kappa shape index (κ3) is 1.95. The molecule has 0 radical (unpaired) electrons. The fourth-order valence-corrected chi connectivity index (χ4v) is 1.83. The monoisotopic (exact) mass is 235 g/mol. The number of methoxy groups -OCH3 is 1. The first-order chi connectivity index (χ1) is 8.02. The van der Waals surface area contributed by atoms with E-state index >= 15 is 0 Å². The van der Waals surface area contributed by atoms with Crippen LogP contribution in [-0.4, -0.2) is 23.4 Å². The van der Waals surface area contributed by atoms with Crippen molar-refractivity contribution in [1.29, 1.82) is 0 Å². The molecule has 2 aromatic rings. The largest absolute Gasteiger partial charge is 0.464 e. The van der Waals surface area contributed by atoms with Crippen LogP contribution in [0.3, 0.4) is 0 Å². The Balaban J connectivity index is 2.61. The molecule has 0 bridgehead atoms. The maximum Gasteiger partial charge on any atom is 0.354 e. The second-order valence-corrected chi connectivity index (χ2v) is 3.92. The highest BCUT2D eigenvalue weighted by atomic mass is 16.5. The molecule has 0 aliphatic carbocycles. The zero-order chi connectivity index (χ0) is 12.6. The molecule has 2 heterocycles. The summed E-state index contributed by atoms with van der Waals surface area (Å²) in [6.45, 7) is 3.42. The number of hydrogen-bond donors (Lipinski definition) is 0. The maximum atomic E-state index is 11.6. The van der Waals surface area contributed by atoms with Gasteiger partial charge in [0.15, 0.2) is 5.58 Å². The first-order valence-corrected chi connectivity index (χ1v) is 5.20. The summed E-state index contributed by atoms with van der Waals surface area (Å²) in [5.74, 6) is 0.227. The van der Waals surface area contributed by atoms with Gasteiger partial charge >= 0.3 is 5.97 Å². The minimum atomic E-state index is -0.477. The highest BCUT2D eigenvalue weighted by Crippen LogP contribution is 2.24. The second kappa shape index (κ2) is 4.08. The lowest BCUT2D eigenvalue weighted by Crippen LogP contribution is -2.14. The van der Waals surface area contributed by atoms with Crippen LogP contribution in [0.25, 0.3) is 11.1 Å². The fraction of sp³-hybridized carbons (Fsp3) is 0.333. The minimum absolute atomic E-state index is 0.0356. The minimum Gasteiger partial charge on any atom is -0.464 e. The lowest BCUT2D eigenvalue weighted by Gasteiger charge is -2.05. The number of aryl methyl sites for hydroxylation is 1. The Morgan fingerprint density at radius 2 is 2.12 bits per heavy atom. The Hall–Kier alpha value is -2.04. The van der Waals surface area contributed by atoms with Crippen molar-refractivity contribution in [2.45, 2.75) is 20.4 Å². The van der Waals surface area contributed by atoms with E-state index in [9.17, 15) is 9.59 Å². The van der Waals surface area contributed by atoms with E-state index in [0.717, 1.165) is 11.3 Å². The van der Waals surface area contributed by atoms with Gasteiger partial charge in [0.05, 0.1) is 19.2 Å². The van der Waals surface area contributed by atoms with Crippen LogP contribution in [0.4, 0.5) is 0 Å². The summed E-state index contributed by atoms with van der Waals surface area (Å²) >= 11 is 0. The Bertz CT molecular complexity index is 591. The average Bonchev–Trinajstić information content (AvgIpc) is 2.75. The Labute approximate surface area is 98.0 Å². The summed E-state index contributed by atoms with van der Waals surface area (Å²) in [6.07, 6.45) is 0. The van der Waals surface area contributed by atoms with Gasteiger partial charge in [-0.15, -0.1) is 0 Å². The normalized spacial score (nSPS) is 10.8. The van der Waals surface area contributed by atoms with Crippen molar-refractivity contribution in [1.82, 2.24) is 4.57 Å². The molecule has 0 unspecified atom stereocenters. The summed E-state index contributed by atoms with van der Waals surface area (Å²) in [4.78, 5) is 22.8. The van der Waals surface area contributed by atoms with E-state index < -0.39 is 5.97 Å². The topological polar surface area (TPSA) is 61.4 Å². The number of Topliss-reactive ketones (excluding diaryl/α,β-unsaturated/α-hetero) is 1. The number of rotatable bonds is 3. The van der Waals surface area contributed by atoms with Crippen molar-refractivity contribution < 1.29 is 18.7 Å². The summed E-state index contributed by atoms with van der Waals surface area (Å²) in [5.41, 5.74) is 1.65. The third-order valence-corrected chi connectivity index (χ3v) is 2.49. The van der Waals surface area contributed by atoms with Gasteiger partial charge in [0.1, 0.15) is 17.2 Å². The molecule has 2 aromatic heterocycles. The van der Waals surface area contributed by atoms with E-state index in [1.807, 2.05) is 6.92 Å². The number of nitrogens with zero attached hydrogens (tertiary/aromatic N) is 1. The van der Waals surface area contributed by atoms with Crippen molar-refractivity contribution in [2.75, 3.05) is 7.11 Å². The molecule has 90 valence electrons. The van der Waals surface area contributed by atoms with E-state index in [4.69, 9.17) is 4.42 Å². The maximum absolute atomic E-state index is 11.6. The quantitative estimate of drug-likeness (QED) is 0.762. The summed E-state index contributed by atoms with van der Waals surface area (Å²) in [7, 11) is 1.31. The van der Waals surface area contributed by atoms with E-state index in [-0.39, 0.29) is 12.3 Å². The standard InChI is InChI=1S/C12H13NO4/c1-7(14)6-13-9-4-8(2)17-11(9)5-10(13)12(15)16-3/h4-5H,6H2,1-3H3. The first kappa shape index (κ1) is 11.4. The van der Waals surface area contributed by atoms with Crippen LogP contribution in [0.2, 0.25) is 0 Å². The molecule has 0 amide bonds. The Kier molecular flexibility index (Phi) is 2.75. The van der Waals surface area contributed by atoms with E-state index in [2.05, 4.69) is 4.74 Å². The summed E-state index contributed by atoms with van der Waals surface area (Å²) in [6, 6.07) is 3.39. The van der Waals surface area contributed by atoms with Gasteiger partial charge in [-0.2, -0.15) is 0 Å². The number of hydrogen-bond acceptors (Lipinski definition) is 4.